The van der Waals surface area contributed by atoms with Gasteiger partial charge in [-0.1, -0.05) is 24.3 Å². The van der Waals surface area contributed by atoms with Crippen molar-refractivity contribution < 1.29 is 23.9 Å². The van der Waals surface area contributed by atoms with Crippen LogP contribution in [-0.4, -0.2) is 76.1 Å². The van der Waals surface area contributed by atoms with Crippen LogP contribution in [0.1, 0.15) is 68.1 Å². The number of nitrogens with zero attached hydrogens (tertiary/aromatic N) is 3. The van der Waals surface area contributed by atoms with E-state index in [2.05, 4.69) is 43.4 Å². The van der Waals surface area contributed by atoms with Gasteiger partial charge in [-0.05, 0) is 70.4 Å². The Labute approximate surface area is 240 Å². The van der Waals surface area contributed by atoms with E-state index in [-0.39, 0.29) is 23.5 Å². The fourth-order valence-corrected chi connectivity index (χ4v) is 5.02. The number of anilines is 1. The first-order valence-electron chi connectivity index (χ1n) is 14.1. The van der Waals surface area contributed by atoms with Crippen LogP contribution in [0.3, 0.4) is 0 Å². The molecule has 4 N–H and O–H groups in total. The summed E-state index contributed by atoms with van der Waals surface area (Å²) in [6, 6.07) is 7.01. The minimum Gasteiger partial charge on any atom is -0.444 e. The van der Waals surface area contributed by atoms with Gasteiger partial charge in [-0.2, -0.15) is 0 Å². The predicted molar refractivity (Wildman–Crippen MR) is 152 cm³/mol. The van der Waals surface area contributed by atoms with Gasteiger partial charge in [0.1, 0.15) is 11.6 Å². The van der Waals surface area contributed by atoms with Gasteiger partial charge in [-0.3, -0.25) is 19.8 Å². The first kappa shape index (κ1) is 29.8. The van der Waals surface area contributed by atoms with Gasteiger partial charge in [0.15, 0.2) is 11.5 Å². The summed E-state index contributed by atoms with van der Waals surface area (Å²) in [5.41, 5.74) is 1.86. The highest BCUT2D eigenvalue weighted by atomic mass is 16.6. The first-order valence-corrected chi connectivity index (χ1v) is 14.1. The summed E-state index contributed by atoms with van der Waals surface area (Å²) in [6.07, 6.45) is 6.44. The number of fused-ring (bicyclic) bond motifs is 1. The minimum absolute atomic E-state index is 0.0434. The third-order valence-electron chi connectivity index (χ3n) is 6.90. The molecular weight excluding hydrogens is 526 g/mol. The number of hydrogen-bond acceptors (Lipinski definition) is 7. The Morgan fingerprint density at radius 3 is 2.32 bits per heavy atom. The van der Waals surface area contributed by atoms with Crippen molar-refractivity contribution in [3.63, 3.8) is 0 Å². The van der Waals surface area contributed by atoms with Gasteiger partial charge in [-0.25, -0.2) is 19.6 Å². The molecule has 12 heteroatoms. The first-order chi connectivity index (χ1) is 19.6. The number of urea groups is 1. The summed E-state index contributed by atoms with van der Waals surface area (Å²) < 4.78 is 5.42. The second-order valence-electron chi connectivity index (χ2n) is 11.3. The molecule has 1 aromatic heterocycles. The molecular formula is C29H39N7O5. The smallest absolute Gasteiger partial charge is 0.410 e. The average molecular weight is 566 g/mol. The molecule has 1 aliphatic carbocycles. The Morgan fingerprint density at radius 1 is 0.976 bits per heavy atom. The summed E-state index contributed by atoms with van der Waals surface area (Å²) >= 11 is 0. The number of likely N-dealkylation sites (tertiary alicyclic amines) is 1. The zero-order valence-electron chi connectivity index (χ0n) is 23.9. The third kappa shape index (κ3) is 8.38. The van der Waals surface area contributed by atoms with Crippen molar-refractivity contribution in [2.75, 3.05) is 25.0 Å². The van der Waals surface area contributed by atoms with Crippen LogP contribution in [-0.2, 0) is 22.4 Å². The molecule has 1 aromatic carbocycles. The van der Waals surface area contributed by atoms with Gasteiger partial charge in [0, 0.05) is 38.1 Å². The number of nitrogens with one attached hydrogen (secondary N) is 4. The molecule has 2 aliphatic rings. The van der Waals surface area contributed by atoms with Gasteiger partial charge in [0.2, 0.25) is 5.91 Å². The number of unbranched alkanes of at least 4 members (excludes halogenated alkanes) is 1. The highest BCUT2D eigenvalue weighted by Gasteiger charge is 2.36. The highest BCUT2D eigenvalue weighted by molar-refractivity contribution is 6.00. The second kappa shape index (κ2) is 13.4. The number of carbonyl (C=O) groups excluding carboxylic acids is 4. The lowest BCUT2D eigenvalue weighted by Gasteiger charge is -2.28. The maximum absolute atomic E-state index is 12.9. The van der Waals surface area contributed by atoms with E-state index in [1.165, 1.54) is 28.4 Å². The molecule has 0 radical (unpaired) electrons. The number of rotatable bonds is 9. The summed E-state index contributed by atoms with van der Waals surface area (Å²) in [4.78, 5) is 60.2. The molecule has 0 unspecified atom stereocenters. The molecule has 41 heavy (non-hydrogen) atoms. The van der Waals surface area contributed by atoms with Gasteiger partial charge in [0.25, 0.3) is 5.91 Å². The zero-order valence-corrected chi connectivity index (χ0v) is 23.9. The number of ether oxygens (including phenoxy) is 1. The number of hydrogen-bond donors (Lipinski definition) is 4. The lowest BCUT2D eigenvalue weighted by atomic mass is 10.1. The number of benzene rings is 1. The van der Waals surface area contributed by atoms with Gasteiger partial charge in [0.05, 0.1) is 0 Å². The quantitative estimate of drug-likeness (QED) is 0.341. The summed E-state index contributed by atoms with van der Waals surface area (Å²) in [6.45, 7) is 6.66. The summed E-state index contributed by atoms with van der Waals surface area (Å²) in [5.74, 6) is -0.514. The maximum Gasteiger partial charge on any atom is 0.410 e. The maximum atomic E-state index is 12.9. The lowest BCUT2D eigenvalue weighted by molar-refractivity contribution is -0.125. The Balaban J connectivity index is 1.15. The molecule has 0 bridgehead atoms. The number of carbonyl (C=O) groups is 4. The van der Waals surface area contributed by atoms with Crippen molar-refractivity contribution in [3.8, 4) is 0 Å². The topological polar surface area (TPSA) is 155 Å². The minimum atomic E-state index is -0.621. The van der Waals surface area contributed by atoms with Gasteiger partial charge >= 0.3 is 12.1 Å². The lowest BCUT2D eigenvalue weighted by Crippen LogP contribution is -2.47. The molecule has 12 nitrogen and oxygen atoms in total. The van der Waals surface area contributed by atoms with Crippen LogP contribution >= 0.6 is 0 Å². The molecule has 1 atom stereocenters. The van der Waals surface area contributed by atoms with Crippen LogP contribution in [0.4, 0.5) is 15.4 Å². The molecule has 2 heterocycles. The Kier molecular flexibility index (Phi) is 9.74. The monoisotopic (exact) mass is 565 g/mol. The van der Waals surface area contributed by atoms with Crippen molar-refractivity contribution in [2.45, 2.75) is 77.0 Å². The number of amides is 5. The van der Waals surface area contributed by atoms with E-state index in [9.17, 15) is 19.2 Å². The standard InChI is InChI=1S/C29H39N7O5/c1-29(2,3)41-28(40)36-16-8-11-22(36)25(37)32-12-6-7-13-33-27(39)35-24-23(30-14-15-31-24)26(38)34-21-17-19-9-4-5-10-20(19)18-21/h4-5,9-10,14-15,21-22H,6-8,11-13,16-18H2,1-3H3,(H,32,37)(H,34,38)(H2,31,33,35,39)/t22-/m0/s1. The Hall–Kier alpha value is -4.22. The van der Waals surface area contributed by atoms with Gasteiger partial charge in [-0.15, -0.1) is 0 Å². The highest BCUT2D eigenvalue weighted by Crippen LogP contribution is 2.23. The summed E-state index contributed by atoms with van der Waals surface area (Å²) in [7, 11) is 0. The van der Waals surface area contributed by atoms with Crippen LogP contribution in [0.2, 0.25) is 0 Å². The van der Waals surface area contributed by atoms with Crippen molar-refractivity contribution in [1.29, 1.82) is 0 Å². The van der Waals surface area contributed by atoms with Crippen molar-refractivity contribution >= 4 is 29.8 Å². The van der Waals surface area contributed by atoms with E-state index in [0.717, 1.165) is 19.3 Å². The molecule has 1 fully saturated rings. The molecule has 0 spiro atoms. The van der Waals surface area contributed by atoms with E-state index in [0.29, 0.717) is 38.9 Å². The Morgan fingerprint density at radius 2 is 1.63 bits per heavy atom. The molecule has 1 aliphatic heterocycles. The fraction of sp³-hybridized carbons (Fsp3) is 0.517. The van der Waals surface area contributed by atoms with Crippen LogP contribution < -0.4 is 21.3 Å². The average Bonchev–Trinajstić information content (AvgIpc) is 3.57. The van der Waals surface area contributed by atoms with Crippen LogP contribution in [0.5, 0.6) is 0 Å². The molecule has 0 saturated carbocycles. The largest absolute Gasteiger partial charge is 0.444 e. The number of aromatic nitrogens is 2. The zero-order chi connectivity index (χ0) is 29.4. The van der Waals surface area contributed by atoms with E-state index >= 15 is 0 Å². The molecule has 4 rings (SSSR count). The van der Waals surface area contributed by atoms with Crippen LogP contribution in [0.15, 0.2) is 36.7 Å². The SMILES string of the molecule is CC(C)(C)OC(=O)N1CCC[C@H]1C(=O)NCCCCNC(=O)Nc1nccnc1C(=O)NC1Cc2ccccc2C1. The fourth-order valence-electron chi connectivity index (χ4n) is 5.02. The molecule has 5 amide bonds. The van der Waals surface area contributed by atoms with E-state index in [4.69, 9.17) is 4.74 Å². The summed E-state index contributed by atoms with van der Waals surface area (Å²) in [5, 5.41) is 11.2. The third-order valence-corrected chi connectivity index (χ3v) is 6.90. The predicted octanol–water partition coefficient (Wildman–Crippen LogP) is 2.79. The normalized spacial score (nSPS) is 16.6. The second-order valence-corrected chi connectivity index (χ2v) is 11.3. The van der Waals surface area contributed by atoms with E-state index < -0.39 is 29.7 Å². The van der Waals surface area contributed by atoms with Crippen molar-refractivity contribution in [1.82, 2.24) is 30.8 Å². The molecule has 2 aromatic rings. The van der Waals surface area contributed by atoms with Crippen LogP contribution in [0.25, 0.3) is 0 Å². The van der Waals surface area contributed by atoms with Crippen LogP contribution in [0, 0.1) is 0 Å². The molecule has 1 saturated heterocycles. The van der Waals surface area contributed by atoms with E-state index in [1.807, 2.05) is 12.1 Å². The van der Waals surface area contributed by atoms with E-state index in [1.54, 1.807) is 20.8 Å². The molecule has 220 valence electrons. The van der Waals surface area contributed by atoms with Crippen molar-refractivity contribution in [3.05, 3.63) is 53.5 Å². The van der Waals surface area contributed by atoms with Crippen molar-refractivity contribution in [2.24, 2.45) is 0 Å². The Bertz CT molecular complexity index is 1240. The van der Waals surface area contributed by atoms with Gasteiger partial charge < -0.3 is 20.7 Å².